The third kappa shape index (κ3) is 2.78. The molecule has 1 nitrogen and oxygen atoms in total. The summed E-state index contributed by atoms with van der Waals surface area (Å²) < 4.78 is 0.920. The smallest absolute Gasteiger partial charge is 0.0578 e. The van der Waals surface area contributed by atoms with E-state index in [1.807, 2.05) is 18.2 Å². The van der Waals surface area contributed by atoms with Gasteiger partial charge in [-0.25, -0.2) is 0 Å². The SMILES string of the molecule is CC(Nc1ccc(Br)c(Cl)c1)c1cccs1. The monoisotopic (exact) mass is 315 g/mol. The molecule has 1 N–H and O–H groups in total. The van der Waals surface area contributed by atoms with Crippen molar-refractivity contribution in [3.8, 4) is 0 Å². The van der Waals surface area contributed by atoms with Crippen molar-refractivity contribution in [3.05, 3.63) is 50.1 Å². The Morgan fingerprint density at radius 2 is 2.19 bits per heavy atom. The molecule has 0 bridgehead atoms. The van der Waals surface area contributed by atoms with Gasteiger partial charge in [-0.3, -0.25) is 0 Å². The molecular formula is C12H11BrClNS. The molecule has 0 saturated carbocycles. The second-order valence-electron chi connectivity index (χ2n) is 3.51. The zero-order valence-electron chi connectivity index (χ0n) is 8.71. The minimum Gasteiger partial charge on any atom is -0.378 e. The molecule has 2 rings (SSSR count). The first-order valence-electron chi connectivity index (χ1n) is 4.92. The Labute approximate surface area is 113 Å². The maximum Gasteiger partial charge on any atom is 0.0578 e. The molecule has 1 atom stereocenters. The summed E-state index contributed by atoms with van der Waals surface area (Å²) in [7, 11) is 0. The summed E-state index contributed by atoms with van der Waals surface area (Å²) in [6.07, 6.45) is 0. The number of hydrogen-bond donors (Lipinski definition) is 1. The average molecular weight is 317 g/mol. The Bertz CT molecular complexity index is 470. The van der Waals surface area contributed by atoms with Crippen LogP contribution in [0.5, 0.6) is 0 Å². The summed E-state index contributed by atoms with van der Waals surface area (Å²) in [5, 5.41) is 6.23. The van der Waals surface area contributed by atoms with Crippen LogP contribution in [0.25, 0.3) is 0 Å². The number of anilines is 1. The summed E-state index contributed by atoms with van der Waals surface area (Å²) in [6.45, 7) is 2.14. The molecule has 1 unspecified atom stereocenters. The minimum absolute atomic E-state index is 0.303. The molecular weight excluding hydrogens is 306 g/mol. The maximum absolute atomic E-state index is 6.04. The van der Waals surface area contributed by atoms with E-state index in [2.05, 4.69) is 45.7 Å². The number of nitrogens with one attached hydrogen (secondary N) is 1. The van der Waals surface area contributed by atoms with Crippen molar-refractivity contribution in [2.24, 2.45) is 0 Å². The van der Waals surface area contributed by atoms with Gasteiger partial charge in [-0.15, -0.1) is 11.3 Å². The minimum atomic E-state index is 0.303. The van der Waals surface area contributed by atoms with Crippen molar-refractivity contribution in [1.82, 2.24) is 0 Å². The zero-order valence-corrected chi connectivity index (χ0v) is 11.9. The topological polar surface area (TPSA) is 12.0 Å². The standard InChI is InChI=1S/C12H11BrClNS/c1-8(12-3-2-6-16-12)15-9-4-5-10(13)11(14)7-9/h2-8,15H,1H3. The highest BCUT2D eigenvalue weighted by Crippen LogP contribution is 2.28. The Morgan fingerprint density at radius 1 is 1.38 bits per heavy atom. The van der Waals surface area contributed by atoms with Gasteiger partial charge in [-0.1, -0.05) is 17.7 Å². The molecule has 2 aromatic rings. The molecule has 84 valence electrons. The van der Waals surface area contributed by atoms with Crippen LogP contribution < -0.4 is 5.32 Å². The quantitative estimate of drug-likeness (QED) is 0.806. The van der Waals surface area contributed by atoms with Crippen molar-refractivity contribution in [1.29, 1.82) is 0 Å². The Balaban J connectivity index is 2.12. The van der Waals surface area contributed by atoms with E-state index in [-0.39, 0.29) is 0 Å². The number of rotatable bonds is 3. The molecule has 1 aromatic carbocycles. The van der Waals surface area contributed by atoms with Gasteiger partial charge in [0.15, 0.2) is 0 Å². The lowest BCUT2D eigenvalue weighted by molar-refractivity contribution is 0.908. The van der Waals surface area contributed by atoms with E-state index >= 15 is 0 Å². The lowest BCUT2D eigenvalue weighted by Gasteiger charge is -2.14. The lowest BCUT2D eigenvalue weighted by Crippen LogP contribution is -2.04. The largest absolute Gasteiger partial charge is 0.378 e. The van der Waals surface area contributed by atoms with E-state index in [0.717, 1.165) is 15.2 Å². The first-order chi connectivity index (χ1) is 7.66. The van der Waals surface area contributed by atoms with Gasteiger partial charge < -0.3 is 5.32 Å². The van der Waals surface area contributed by atoms with Crippen LogP contribution >= 0.6 is 38.9 Å². The Morgan fingerprint density at radius 3 is 2.81 bits per heavy atom. The fraction of sp³-hybridized carbons (Fsp3) is 0.167. The molecule has 1 heterocycles. The third-order valence-corrected chi connectivity index (χ3v) is 4.56. The predicted octanol–water partition coefficient (Wildman–Crippen LogP) is 5.34. The van der Waals surface area contributed by atoms with E-state index in [0.29, 0.717) is 6.04 Å². The number of halogens is 2. The van der Waals surface area contributed by atoms with Crippen LogP contribution in [0.3, 0.4) is 0 Å². The predicted molar refractivity (Wildman–Crippen MR) is 75.5 cm³/mol. The molecule has 0 aliphatic heterocycles. The molecule has 0 radical (unpaired) electrons. The molecule has 4 heteroatoms. The molecule has 1 aromatic heterocycles. The average Bonchev–Trinajstić information content (AvgIpc) is 2.77. The van der Waals surface area contributed by atoms with Gasteiger partial charge in [0.1, 0.15) is 0 Å². The summed E-state index contributed by atoms with van der Waals surface area (Å²) in [4.78, 5) is 1.32. The van der Waals surface area contributed by atoms with Crippen molar-refractivity contribution >= 4 is 44.6 Å². The van der Waals surface area contributed by atoms with E-state index in [9.17, 15) is 0 Å². The first kappa shape index (κ1) is 12.0. The van der Waals surface area contributed by atoms with Gasteiger partial charge in [-0.2, -0.15) is 0 Å². The van der Waals surface area contributed by atoms with Crippen LogP contribution in [-0.4, -0.2) is 0 Å². The van der Waals surface area contributed by atoms with E-state index < -0.39 is 0 Å². The first-order valence-corrected chi connectivity index (χ1v) is 6.97. The van der Waals surface area contributed by atoms with E-state index in [1.54, 1.807) is 11.3 Å². The van der Waals surface area contributed by atoms with Crippen LogP contribution in [0, 0.1) is 0 Å². The van der Waals surface area contributed by atoms with Gasteiger partial charge in [0.25, 0.3) is 0 Å². The normalized spacial score (nSPS) is 12.4. The summed E-state index contributed by atoms with van der Waals surface area (Å²) >= 11 is 11.2. The molecule has 0 fully saturated rings. The maximum atomic E-state index is 6.04. The number of hydrogen-bond acceptors (Lipinski definition) is 2. The molecule has 0 aliphatic rings. The van der Waals surface area contributed by atoms with Crippen molar-refractivity contribution in [2.75, 3.05) is 5.32 Å². The molecule has 0 aliphatic carbocycles. The fourth-order valence-corrected chi connectivity index (χ4v) is 2.61. The van der Waals surface area contributed by atoms with Crippen LogP contribution in [0.4, 0.5) is 5.69 Å². The second-order valence-corrected chi connectivity index (χ2v) is 5.75. The van der Waals surface area contributed by atoms with Gasteiger partial charge in [0, 0.05) is 15.0 Å². The highest BCUT2D eigenvalue weighted by Gasteiger charge is 2.06. The van der Waals surface area contributed by atoms with Crippen LogP contribution in [0.1, 0.15) is 17.8 Å². The number of benzene rings is 1. The highest BCUT2D eigenvalue weighted by atomic mass is 79.9. The zero-order chi connectivity index (χ0) is 11.5. The van der Waals surface area contributed by atoms with Gasteiger partial charge in [-0.05, 0) is 52.5 Å². The Kier molecular flexibility index (Phi) is 3.90. The van der Waals surface area contributed by atoms with Crippen molar-refractivity contribution in [2.45, 2.75) is 13.0 Å². The van der Waals surface area contributed by atoms with Crippen LogP contribution in [0.15, 0.2) is 40.2 Å². The second kappa shape index (κ2) is 5.21. The third-order valence-electron chi connectivity index (χ3n) is 2.27. The van der Waals surface area contributed by atoms with E-state index in [1.165, 1.54) is 4.88 Å². The molecule has 0 amide bonds. The van der Waals surface area contributed by atoms with Gasteiger partial charge in [0.05, 0.1) is 11.1 Å². The van der Waals surface area contributed by atoms with Crippen LogP contribution in [-0.2, 0) is 0 Å². The molecule has 16 heavy (non-hydrogen) atoms. The summed E-state index contributed by atoms with van der Waals surface area (Å²) in [5.74, 6) is 0. The van der Waals surface area contributed by atoms with E-state index in [4.69, 9.17) is 11.6 Å². The highest BCUT2D eigenvalue weighted by molar-refractivity contribution is 9.10. The molecule has 0 spiro atoms. The summed E-state index contributed by atoms with van der Waals surface area (Å²) in [5.41, 5.74) is 1.04. The summed E-state index contributed by atoms with van der Waals surface area (Å²) in [6, 6.07) is 10.4. The fourth-order valence-electron chi connectivity index (χ4n) is 1.44. The van der Waals surface area contributed by atoms with Gasteiger partial charge in [0.2, 0.25) is 0 Å². The Hall–Kier alpha value is -0.510. The van der Waals surface area contributed by atoms with Crippen LogP contribution in [0.2, 0.25) is 5.02 Å². The number of thiophene rings is 1. The van der Waals surface area contributed by atoms with Crippen molar-refractivity contribution in [3.63, 3.8) is 0 Å². The van der Waals surface area contributed by atoms with Gasteiger partial charge >= 0.3 is 0 Å². The molecule has 0 saturated heterocycles. The lowest BCUT2D eigenvalue weighted by atomic mass is 10.2. The van der Waals surface area contributed by atoms with Crippen molar-refractivity contribution < 1.29 is 0 Å².